The molecule has 0 aromatic heterocycles. The maximum Gasteiger partial charge on any atom is 0.120 e. The third-order valence-corrected chi connectivity index (χ3v) is 3.22. The minimum atomic E-state index is 0.596. The van der Waals surface area contributed by atoms with Gasteiger partial charge in [-0.25, -0.2) is 0 Å². The molecule has 0 bridgehead atoms. The second kappa shape index (κ2) is 3.59. The lowest BCUT2D eigenvalue weighted by Gasteiger charge is -2.07. The zero-order valence-electron chi connectivity index (χ0n) is 8.47. The molecule has 0 amide bonds. The van der Waals surface area contributed by atoms with Gasteiger partial charge in [0, 0.05) is 6.42 Å². The maximum atomic E-state index is 10.2. The van der Waals surface area contributed by atoms with Gasteiger partial charge in [0.1, 0.15) is 6.29 Å². The van der Waals surface area contributed by atoms with Crippen LogP contribution in [0.3, 0.4) is 0 Å². The highest BCUT2D eigenvalue weighted by atomic mass is 16.1. The molecule has 1 heteroatoms. The van der Waals surface area contributed by atoms with E-state index in [0.29, 0.717) is 11.3 Å². The van der Waals surface area contributed by atoms with Crippen molar-refractivity contribution >= 4 is 6.29 Å². The van der Waals surface area contributed by atoms with Crippen LogP contribution in [-0.2, 0) is 4.79 Å². The molecule has 1 aliphatic carbocycles. The Bertz CT molecular complexity index is 160. The molecule has 0 saturated heterocycles. The largest absolute Gasteiger partial charge is 0.303 e. The third-order valence-electron chi connectivity index (χ3n) is 3.22. The van der Waals surface area contributed by atoms with Crippen LogP contribution in [0.1, 0.15) is 46.5 Å². The molecule has 0 heterocycles. The van der Waals surface area contributed by atoms with E-state index >= 15 is 0 Å². The summed E-state index contributed by atoms with van der Waals surface area (Å²) in [7, 11) is 0. The molecule has 1 unspecified atom stereocenters. The molecule has 1 aliphatic rings. The fourth-order valence-electron chi connectivity index (χ4n) is 1.84. The number of hydrogen-bond acceptors (Lipinski definition) is 1. The molecule has 2 atom stereocenters. The third kappa shape index (κ3) is 2.62. The van der Waals surface area contributed by atoms with Crippen molar-refractivity contribution in [3.63, 3.8) is 0 Å². The molecule has 1 saturated carbocycles. The lowest BCUT2D eigenvalue weighted by Crippen LogP contribution is -1.98. The van der Waals surface area contributed by atoms with Crippen LogP contribution in [0, 0.1) is 17.3 Å². The molecule has 1 fully saturated rings. The lowest BCUT2D eigenvalue weighted by atomic mass is 9.98. The van der Waals surface area contributed by atoms with Gasteiger partial charge < -0.3 is 4.79 Å². The van der Waals surface area contributed by atoms with Gasteiger partial charge >= 0.3 is 0 Å². The van der Waals surface area contributed by atoms with Gasteiger partial charge in [-0.1, -0.05) is 27.2 Å². The first-order valence-corrected chi connectivity index (χ1v) is 5.00. The number of aldehydes is 1. The molecule has 70 valence electrons. The highest BCUT2D eigenvalue weighted by Crippen LogP contribution is 2.54. The van der Waals surface area contributed by atoms with Crippen LogP contribution < -0.4 is 0 Å². The van der Waals surface area contributed by atoms with Crippen molar-refractivity contribution in [1.82, 2.24) is 0 Å². The Morgan fingerprint density at radius 2 is 2.17 bits per heavy atom. The van der Waals surface area contributed by atoms with Crippen LogP contribution in [0.2, 0.25) is 0 Å². The van der Waals surface area contributed by atoms with E-state index in [2.05, 4.69) is 20.8 Å². The fourth-order valence-corrected chi connectivity index (χ4v) is 1.84. The molecule has 0 N–H and O–H groups in total. The van der Waals surface area contributed by atoms with Crippen LogP contribution in [0.15, 0.2) is 0 Å². The van der Waals surface area contributed by atoms with Gasteiger partial charge in [0.25, 0.3) is 0 Å². The first kappa shape index (κ1) is 9.76. The smallest absolute Gasteiger partial charge is 0.120 e. The summed E-state index contributed by atoms with van der Waals surface area (Å²) in [6.45, 7) is 6.84. The van der Waals surface area contributed by atoms with Crippen LogP contribution >= 0.6 is 0 Å². The van der Waals surface area contributed by atoms with E-state index in [1.165, 1.54) is 19.3 Å². The average molecular weight is 168 g/mol. The Labute approximate surface area is 75.5 Å². The van der Waals surface area contributed by atoms with Crippen molar-refractivity contribution in [2.45, 2.75) is 46.5 Å². The van der Waals surface area contributed by atoms with E-state index in [9.17, 15) is 4.79 Å². The molecule has 0 aromatic carbocycles. The monoisotopic (exact) mass is 168 g/mol. The van der Waals surface area contributed by atoms with Crippen molar-refractivity contribution in [2.75, 3.05) is 0 Å². The van der Waals surface area contributed by atoms with E-state index in [0.717, 1.165) is 18.6 Å². The summed E-state index contributed by atoms with van der Waals surface area (Å²) >= 11 is 0. The summed E-state index contributed by atoms with van der Waals surface area (Å²) in [6, 6.07) is 0. The molecule has 1 rings (SSSR count). The van der Waals surface area contributed by atoms with Crippen LogP contribution in [0.25, 0.3) is 0 Å². The van der Waals surface area contributed by atoms with Crippen molar-refractivity contribution in [3.8, 4) is 0 Å². The van der Waals surface area contributed by atoms with Gasteiger partial charge in [0.05, 0.1) is 0 Å². The van der Waals surface area contributed by atoms with Gasteiger partial charge in [-0.2, -0.15) is 0 Å². The zero-order valence-corrected chi connectivity index (χ0v) is 8.47. The molecule has 12 heavy (non-hydrogen) atoms. The van der Waals surface area contributed by atoms with Crippen molar-refractivity contribution in [2.24, 2.45) is 17.3 Å². The Hall–Kier alpha value is -0.330. The summed E-state index contributed by atoms with van der Waals surface area (Å²) in [5.41, 5.74) is 0.612. The standard InChI is InChI=1S/C11H20O/c1-9(6-7-12)4-5-10-8-11(10,2)3/h7,9-10H,4-6,8H2,1-3H3/t9?,10-/m1/s1. The Morgan fingerprint density at radius 1 is 1.58 bits per heavy atom. The predicted molar refractivity (Wildman–Crippen MR) is 51.0 cm³/mol. The van der Waals surface area contributed by atoms with Gasteiger partial charge in [-0.3, -0.25) is 0 Å². The normalized spacial score (nSPS) is 28.1. The summed E-state index contributed by atoms with van der Waals surface area (Å²) in [5.74, 6) is 1.53. The van der Waals surface area contributed by atoms with Crippen LogP contribution in [0.4, 0.5) is 0 Å². The number of carbonyl (C=O) groups is 1. The quantitative estimate of drug-likeness (QED) is 0.577. The molecule has 0 aliphatic heterocycles. The highest BCUT2D eigenvalue weighted by molar-refractivity contribution is 5.49. The average Bonchev–Trinajstić information content (AvgIpc) is 2.56. The second-order valence-electron chi connectivity index (χ2n) is 4.97. The molecule has 0 spiro atoms. The Balaban J connectivity index is 2.07. The fraction of sp³-hybridized carbons (Fsp3) is 0.909. The van der Waals surface area contributed by atoms with E-state index in [-0.39, 0.29) is 0 Å². The lowest BCUT2D eigenvalue weighted by molar-refractivity contribution is -0.108. The zero-order chi connectivity index (χ0) is 9.19. The van der Waals surface area contributed by atoms with Gasteiger partial charge in [-0.15, -0.1) is 0 Å². The maximum absolute atomic E-state index is 10.2. The minimum absolute atomic E-state index is 0.596. The molecule has 1 nitrogen and oxygen atoms in total. The van der Waals surface area contributed by atoms with Gasteiger partial charge in [0.15, 0.2) is 0 Å². The topological polar surface area (TPSA) is 17.1 Å². The summed E-state index contributed by atoms with van der Waals surface area (Å²) in [4.78, 5) is 10.2. The van der Waals surface area contributed by atoms with Gasteiger partial charge in [0.2, 0.25) is 0 Å². The van der Waals surface area contributed by atoms with E-state index in [1.807, 2.05) is 0 Å². The van der Waals surface area contributed by atoms with Crippen LogP contribution in [0.5, 0.6) is 0 Å². The number of hydrogen-bond donors (Lipinski definition) is 0. The van der Waals surface area contributed by atoms with Gasteiger partial charge in [-0.05, 0) is 30.1 Å². The van der Waals surface area contributed by atoms with Crippen molar-refractivity contribution < 1.29 is 4.79 Å². The summed E-state index contributed by atoms with van der Waals surface area (Å²) < 4.78 is 0. The SMILES string of the molecule is CC(CC=O)CC[C@@H]1CC1(C)C. The highest BCUT2D eigenvalue weighted by Gasteiger charge is 2.44. The van der Waals surface area contributed by atoms with E-state index in [4.69, 9.17) is 0 Å². The molecular weight excluding hydrogens is 148 g/mol. The van der Waals surface area contributed by atoms with E-state index in [1.54, 1.807) is 0 Å². The summed E-state index contributed by atoms with van der Waals surface area (Å²) in [5, 5.41) is 0. The minimum Gasteiger partial charge on any atom is -0.303 e. The summed E-state index contributed by atoms with van der Waals surface area (Å²) in [6.07, 6.45) is 5.73. The number of carbonyl (C=O) groups excluding carboxylic acids is 1. The Kier molecular flexibility index (Phi) is 2.92. The molecular formula is C11H20O. The predicted octanol–water partition coefficient (Wildman–Crippen LogP) is 3.04. The van der Waals surface area contributed by atoms with E-state index < -0.39 is 0 Å². The number of rotatable bonds is 5. The second-order valence-corrected chi connectivity index (χ2v) is 4.97. The van der Waals surface area contributed by atoms with Crippen LogP contribution in [-0.4, -0.2) is 6.29 Å². The first-order valence-electron chi connectivity index (χ1n) is 5.00. The van der Waals surface area contributed by atoms with Crippen molar-refractivity contribution in [1.29, 1.82) is 0 Å². The first-order chi connectivity index (χ1) is 5.56. The van der Waals surface area contributed by atoms with Crippen molar-refractivity contribution in [3.05, 3.63) is 0 Å². The Morgan fingerprint density at radius 3 is 2.58 bits per heavy atom. The molecule has 0 aromatic rings. The molecule has 0 radical (unpaired) electrons.